The van der Waals surface area contributed by atoms with Gasteiger partial charge in [-0.25, -0.2) is 4.98 Å². The number of hydrogen-bond acceptors (Lipinski definition) is 5. The van der Waals surface area contributed by atoms with Gasteiger partial charge in [-0.15, -0.1) is 0 Å². The summed E-state index contributed by atoms with van der Waals surface area (Å²) in [6.07, 6.45) is 2.49. The average Bonchev–Trinajstić information content (AvgIpc) is 3.14. The van der Waals surface area contributed by atoms with Gasteiger partial charge in [0, 0.05) is 26.1 Å². The van der Waals surface area contributed by atoms with Crippen LogP contribution in [-0.4, -0.2) is 63.7 Å². The molecule has 26 heavy (non-hydrogen) atoms. The molecule has 8 nitrogen and oxygen atoms in total. The van der Waals surface area contributed by atoms with Crippen molar-refractivity contribution in [3.05, 3.63) is 17.8 Å². The van der Waals surface area contributed by atoms with Crippen LogP contribution < -0.4 is 5.32 Å². The van der Waals surface area contributed by atoms with E-state index in [2.05, 4.69) is 10.3 Å². The standard InChI is InChI=1S/C18H26N4O4/c1-10(2)5-15-17(24)21-7-13(20-12(4)23)6-14(21)8-22(15)18(25)16-11(3)19-9-26-16/h9-10,13-15H,5-8H2,1-4H3,(H,20,23). The maximum absolute atomic E-state index is 13.1. The molecule has 2 aliphatic heterocycles. The van der Waals surface area contributed by atoms with E-state index < -0.39 is 6.04 Å². The lowest BCUT2D eigenvalue weighted by molar-refractivity contribution is -0.142. The minimum absolute atomic E-state index is 0.0479. The highest BCUT2D eigenvalue weighted by atomic mass is 16.3. The van der Waals surface area contributed by atoms with Crippen LogP contribution in [0.15, 0.2) is 10.8 Å². The lowest BCUT2D eigenvalue weighted by Gasteiger charge is -2.43. The number of amides is 3. The number of hydrogen-bond donors (Lipinski definition) is 1. The van der Waals surface area contributed by atoms with E-state index in [-0.39, 0.29) is 41.5 Å². The maximum Gasteiger partial charge on any atom is 0.292 e. The first kappa shape index (κ1) is 18.4. The molecule has 142 valence electrons. The highest BCUT2D eigenvalue weighted by Crippen LogP contribution is 2.30. The molecule has 3 amide bonds. The zero-order chi connectivity index (χ0) is 19.0. The van der Waals surface area contributed by atoms with Crippen LogP contribution in [0.25, 0.3) is 0 Å². The van der Waals surface area contributed by atoms with Crippen molar-refractivity contribution in [2.45, 2.75) is 58.7 Å². The number of aromatic nitrogens is 1. The number of oxazole rings is 1. The van der Waals surface area contributed by atoms with Crippen molar-refractivity contribution < 1.29 is 18.8 Å². The molecule has 3 heterocycles. The van der Waals surface area contributed by atoms with Crippen LogP contribution in [0.4, 0.5) is 0 Å². The van der Waals surface area contributed by atoms with Gasteiger partial charge in [0.1, 0.15) is 6.04 Å². The predicted octanol–water partition coefficient (Wildman–Crippen LogP) is 0.959. The van der Waals surface area contributed by atoms with Crippen molar-refractivity contribution in [1.29, 1.82) is 0 Å². The fourth-order valence-corrected chi connectivity index (χ4v) is 3.97. The third kappa shape index (κ3) is 3.45. The van der Waals surface area contributed by atoms with Crippen LogP contribution in [0.5, 0.6) is 0 Å². The molecular formula is C18H26N4O4. The second-order valence-corrected chi connectivity index (χ2v) is 7.65. The first-order valence-electron chi connectivity index (χ1n) is 9.06. The molecular weight excluding hydrogens is 336 g/mol. The number of rotatable bonds is 4. The molecule has 0 aromatic carbocycles. The van der Waals surface area contributed by atoms with Crippen LogP contribution in [0.2, 0.25) is 0 Å². The molecule has 2 fully saturated rings. The van der Waals surface area contributed by atoms with E-state index >= 15 is 0 Å². The van der Waals surface area contributed by atoms with Crippen LogP contribution in [0.3, 0.4) is 0 Å². The molecule has 0 bridgehead atoms. The number of piperazine rings is 1. The number of carbonyl (C=O) groups is 3. The van der Waals surface area contributed by atoms with Crippen LogP contribution in [0, 0.1) is 12.8 Å². The Labute approximate surface area is 152 Å². The van der Waals surface area contributed by atoms with Crippen LogP contribution in [0.1, 0.15) is 49.9 Å². The van der Waals surface area contributed by atoms with Gasteiger partial charge in [-0.1, -0.05) is 13.8 Å². The number of fused-ring (bicyclic) bond motifs is 1. The van der Waals surface area contributed by atoms with Gasteiger partial charge < -0.3 is 19.5 Å². The molecule has 0 radical (unpaired) electrons. The topological polar surface area (TPSA) is 95.7 Å². The Balaban J connectivity index is 1.86. The monoisotopic (exact) mass is 362 g/mol. The lowest BCUT2D eigenvalue weighted by atomic mass is 9.96. The highest BCUT2D eigenvalue weighted by molar-refractivity contribution is 5.97. The second kappa shape index (κ2) is 7.09. The molecule has 3 unspecified atom stereocenters. The fourth-order valence-electron chi connectivity index (χ4n) is 3.97. The largest absolute Gasteiger partial charge is 0.438 e. The summed E-state index contributed by atoms with van der Waals surface area (Å²) in [7, 11) is 0. The number of nitrogens with one attached hydrogen (secondary N) is 1. The van der Waals surface area contributed by atoms with Gasteiger partial charge in [-0.3, -0.25) is 14.4 Å². The van der Waals surface area contributed by atoms with E-state index in [0.717, 1.165) is 0 Å². The SMILES string of the molecule is CC(=O)NC1CC2CN(C(=O)c3ocnc3C)C(CC(C)C)C(=O)N2C1. The molecule has 0 spiro atoms. The minimum Gasteiger partial charge on any atom is -0.438 e. The molecule has 0 aliphatic carbocycles. The van der Waals surface area contributed by atoms with Crippen molar-refractivity contribution in [2.24, 2.45) is 5.92 Å². The third-order valence-corrected chi connectivity index (χ3v) is 5.07. The van der Waals surface area contributed by atoms with Crippen LogP contribution in [-0.2, 0) is 9.59 Å². The average molecular weight is 362 g/mol. The van der Waals surface area contributed by atoms with Crippen molar-refractivity contribution >= 4 is 17.7 Å². The number of aryl methyl sites for hydroxylation is 1. The summed E-state index contributed by atoms with van der Waals surface area (Å²) in [6, 6.07) is -0.669. The smallest absolute Gasteiger partial charge is 0.292 e. The Kier molecular flexibility index (Phi) is 5.02. The van der Waals surface area contributed by atoms with E-state index in [1.165, 1.54) is 13.3 Å². The molecule has 1 N–H and O–H groups in total. The Morgan fingerprint density at radius 2 is 2.12 bits per heavy atom. The predicted molar refractivity (Wildman–Crippen MR) is 93.2 cm³/mol. The molecule has 2 saturated heterocycles. The summed E-state index contributed by atoms with van der Waals surface area (Å²) >= 11 is 0. The van der Waals surface area contributed by atoms with Crippen molar-refractivity contribution in [3.63, 3.8) is 0 Å². The molecule has 2 aliphatic rings. The van der Waals surface area contributed by atoms with Gasteiger partial charge in [0.05, 0.1) is 11.7 Å². The quantitative estimate of drug-likeness (QED) is 0.861. The number of carbonyl (C=O) groups excluding carboxylic acids is 3. The van der Waals surface area contributed by atoms with E-state index in [0.29, 0.717) is 31.6 Å². The summed E-state index contributed by atoms with van der Waals surface area (Å²) in [5, 5.41) is 2.89. The zero-order valence-corrected chi connectivity index (χ0v) is 15.7. The summed E-state index contributed by atoms with van der Waals surface area (Å²) in [5.41, 5.74) is 0.524. The maximum atomic E-state index is 13.1. The summed E-state index contributed by atoms with van der Waals surface area (Å²) in [5.74, 6) is 0.0120. The van der Waals surface area contributed by atoms with Gasteiger partial charge in [0.15, 0.2) is 6.39 Å². The summed E-state index contributed by atoms with van der Waals surface area (Å²) in [4.78, 5) is 44.9. The Morgan fingerprint density at radius 1 is 1.38 bits per heavy atom. The van der Waals surface area contributed by atoms with E-state index in [1.807, 2.05) is 18.7 Å². The van der Waals surface area contributed by atoms with Gasteiger partial charge in [-0.2, -0.15) is 0 Å². The van der Waals surface area contributed by atoms with E-state index in [1.54, 1.807) is 11.8 Å². The molecule has 1 aromatic heterocycles. The van der Waals surface area contributed by atoms with Crippen molar-refractivity contribution in [2.75, 3.05) is 13.1 Å². The highest BCUT2D eigenvalue weighted by Gasteiger charge is 2.47. The number of nitrogens with zero attached hydrogens (tertiary/aromatic N) is 3. The molecule has 0 saturated carbocycles. The molecule has 1 aromatic rings. The van der Waals surface area contributed by atoms with Gasteiger partial charge in [0.25, 0.3) is 5.91 Å². The zero-order valence-electron chi connectivity index (χ0n) is 15.7. The van der Waals surface area contributed by atoms with E-state index in [9.17, 15) is 14.4 Å². The Morgan fingerprint density at radius 3 is 2.69 bits per heavy atom. The first-order chi connectivity index (χ1) is 12.3. The second-order valence-electron chi connectivity index (χ2n) is 7.65. The lowest BCUT2D eigenvalue weighted by Crippen LogP contribution is -2.61. The molecule has 3 rings (SSSR count). The van der Waals surface area contributed by atoms with Gasteiger partial charge in [-0.05, 0) is 25.7 Å². The normalized spacial score (nSPS) is 25.6. The van der Waals surface area contributed by atoms with Crippen LogP contribution >= 0.6 is 0 Å². The minimum atomic E-state index is -0.515. The summed E-state index contributed by atoms with van der Waals surface area (Å²) in [6.45, 7) is 8.20. The van der Waals surface area contributed by atoms with Crippen molar-refractivity contribution in [3.8, 4) is 0 Å². The Hall–Kier alpha value is -2.38. The van der Waals surface area contributed by atoms with Gasteiger partial charge in [0.2, 0.25) is 17.6 Å². The van der Waals surface area contributed by atoms with Gasteiger partial charge >= 0.3 is 0 Å². The third-order valence-electron chi connectivity index (χ3n) is 5.07. The molecule has 3 atom stereocenters. The van der Waals surface area contributed by atoms with E-state index in [4.69, 9.17) is 4.42 Å². The molecule has 8 heteroatoms. The Bertz CT molecular complexity index is 714. The first-order valence-corrected chi connectivity index (χ1v) is 9.06. The summed E-state index contributed by atoms with van der Waals surface area (Å²) < 4.78 is 5.27. The van der Waals surface area contributed by atoms with Crippen molar-refractivity contribution in [1.82, 2.24) is 20.1 Å². The fraction of sp³-hybridized carbons (Fsp3) is 0.667.